The van der Waals surface area contributed by atoms with Crippen LogP contribution < -0.4 is 15.5 Å². The highest BCUT2D eigenvalue weighted by Gasteiger charge is 2.33. The number of amides is 2. The molecule has 2 heterocycles. The Balaban J connectivity index is 1.27. The second-order valence-corrected chi connectivity index (χ2v) is 6.85. The topological polar surface area (TPSA) is 87.2 Å². The van der Waals surface area contributed by atoms with Crippen molar-refractivity contribution in [1.82, 2.24) is 15.5 Å². The van der Waals surface area contributed by atoms with Gasteiger partial charge < -0.3 is 15.5 Å². The average molecular weight is 351 g/mol. The lowest BCUT2D eigenvalue weighted by molar-refractivity contribution is -0.120. The smallest absolute Gasteiger partial charge is 0.251 e. The van der Waals surface area contributed by atoms with Crippen LogP contribution in [0.4, 0.5) is 11.5 Å². The van der Waals surface area contributed by atoms with Crippen LogP contribution in [0.5, 0.6) is 0 Å². The summed E-state index contributed by atoms with van der Waals surface area (Å²) in [5.74, 6) is 0.653. The first-order chi connectivity index (χ1) is 12.7. The summed E-state index contributed by atoms with van der Waals surface area (Å²) >= 11 is 0. The number of hydrogen-bond donors (Lipinski definition) is 2. The largest absolute Gasteiger partial charge is 0.353 e. The molecule has 2 amide bonds. The molecule has 7 heteroatoms. The van der Waals surface area contributed by atoms with Crippen molar-refractivity contribution in [1.29, 1.82) is 0 Å². The zero-order chi connectivity index (χ0) is 17.9. The minimum Gasteiger partial charge on any atom is -0.353 e. The van der Waals surface area contributed by atoms with Crippen LogP contribution >= 0.6 is 0 Å². The standard InChI is InChI=1S/C19H21N5O2/c25-18(21-15-3-1-4-15)13-6-8-16(9-7-13)22-19(26)14-11-24(12-14)17-5-2-10-20-23-17/h2,5-10,14-15H,1,3-4,11-12H2,(H,21,25)(H,22,26). The molecular formula is C19H21N5O2. The van der Waals surface area contributed by atoms with Gasteiger partial charge in [0, 0.05) is 36.6 Å². The first-order valence-corrected chi connectivity index (χ1v) is 8.93. The van der Waals surface area contributed by atoms with Crippen molar-refractivity contribution in [3.63, 3.8) is 0 Å². The molecule has 1 aliphatic heterocycles. The number of nitrogens with zero attached hydrogens (tertiary/aromatic N) is 3. The van der Waals surface area contributed by atoms with E-state index in [-0.39, 0.29) is 17.7 Å². The number of aromatic nitrogens is 2. The normalized spacial score (nSPS) is 17.2. The van der Waals surface area contributed by atoms with E-state index in [0.29, 0.717) is 30.4 Å². The fraction of sp³-hybridized carbons (Fsp3) is 0.368. The number of nitrogens with one attached hydrogen (secondary N) is 2. The van der Waals surface area contributed by atoms with Crippen LogP contribution in [0.15, 0.2) is 42.6 Å². The highest BCUT2D eigenvalue weighted by molar-refractivity contribution is 5.97. The summed E-state index contributed by atoms with van der Waals surface area (Å²) < 4.78 is 0. The highest BCUT2D eigenvalue weighted by Crippen LogP contribution is 2.23. The van der Waals surface area contributed by atoms with E-state index < -0.39 is 0 Å². The molecule has 4 rings (SSSR count). The Kier molecular flexibility index (Phi) is 4.51. The second kappa shape index (κ2) is 7.11. The minimum absolute atomic E-state index is 0.0168. The van der Waals surface area contributed by atoms with Gasteiger partial charge in [-0.25, -0.2) is 0 Å². The van der Waals surface area contributed by atoms with Crippen molar-refractivity contribution in [2.45, 2.75) is 25.3 Å². The van der Waals surface area contributed by atoms with Gasteiger partial charge >= 0.3 is 0 Å². The molecule has 0 bridgehead atoms. The molecule has 1 aromatic carbocycles. The number of benzene rings is 1. The molecule has 1 aromatic heterocycles. The van der Waals surface area contributed by atoms with E-state index in [4.69, 9.17) is 0 Å². The molecule has 2 fully saturated rings. The lowest BCUT2D eigenvalue weighted by Crippen LogP contribution is -2.52. The Labute approximate surface area is 151 Å². The Morgan fingerprint density at radius 1 is 1.08 bits per heavy atom. The fourth-order valence-corrected chi connectivity index (χ4v) is 3.06. The number of rotatable bonds is 5. The van der Waals surface area contributed by atoms with Gasteiger partial charge in [0.2, 0.25) is 5.91 Å². The fourth-order valence-electron chi connectivity index (χ4n) is 3.06. The summed E-state index contributed by atoms with van der Waals surface area (Å²) in [6.45, 7) is 1.26. The zero-order valence-electron chi connectivity index (χ0n) is 14.4. The van der Waals surface area contributed by atoms with Crippen molar-refractivity contribution in [2.75, 3.05) is 23.3 Å². The Morgan fingerprint density at radius 2 is 1.85 bits per heavy atom. The van der Waals surface area contributed by atoms with Crippen LogP contribution in [0.1, 0.15) is 29.6 Å². The highest BCUT2D eigenvalue weighted by atomic mass is 16.2. The zero-order valence-corrected chi connectivity index (χ0v) is 14.4. The maximum atomic E-state index is 12.3. The second-order valence-electron chi connectivity index (χ2n) is 6.85. The quantitative estimate of drug-likeness (QED) is 0.858. The number of carbonyl (C=O) groups excluding carboxylic acids is 2. The molecule has 0 radical (unpaired) electrons. The summed E-state index contributed by atoms with van der Waals surface area (Å²) in [4.78, 5) is 26.4. The van der Waals surface area contributed by atoms with Crippen LogP contribution in [0, 0.1) is 5.92 Å². The van der Waals surface area contributed by atoms with E-state index in [1.54, 1.807) is 30.5 Å². The van der Waals surface area contributed by atoms with Crippen LogP contribution in [-0.4, -0.2) is 41.1 Å². The molecule has 1 saturated carbocycles. The molecule has 2 aliphatic rings. The van der Waals surface area contributed by atoms with Gasteiger partial charge in [-0.15, -0.1) is 5.10 Å². The van der Waals surface area contributed by atoms with E-state index in [1.165, 1.54) is 6.42 Å². The van der Waals surface area contributed by atoms with Gasteiger partial charge in [-0.1, -0.05) is 0 Å². The summed E-state index contributed by atoms with van der Waals surface area (Å²) in [5, 5.41) is 13.8. The molecule has 0 atom stereocenters. The molecule has 2 aromatic rings. The van der Waals surface area contributed by atoms with E-state index in [1.807, 2.05) is 17.0 Å². The minimum atomic E-state index is -0.0707. The maximum absolute atomic E-state index is 12.3. The Bertz CT molecular complexity index is 783. The number of carbonyl (C=O) groups is 2. The van der Waals surface area contributed by atoms with Crippen LogP contribution in [0.25, 0.3) is 0 Å². The van der Waals surface area contributed by atoms with E-state index in [0.717, 1.165) is 18.7 Å². The van der Waals surface area contributed by atoms with Crippen molar-refractivity contribution < 1.29 is 9.59 Å². The van der Waals surface area contributed by atoms with Crippen LogP contribution in [0.3, 0.4) is 0 Å². The molecular weight excluding hydrogens is 330 g/mol. The maximum Gasteiger partial charge on any atom is 0.251 e. The van der Waals surface area contributed by atoms with Gasteiger partial charge in [-0.05, 0) is 55.7 Å². The number of anilines is 2. The Morgan fingerprint density at radius 3 is 2.46 bits per heavy atom. The third kappa shape index (κ3) is 3.51. The molecule has 7 nitrogen and oxygen atoms in total. The Hall–Kier alpha value is -2.96. The first kappa shape index (κ1) is 16.5. The van der Waals surface area contributed by atoms with Gasteiger partial charge in [0.15, 0.2) is 5.82 Å². The van der Waals surface area contributed by atoms with Crippen molar-refractivity contribution >= 4 is 23.3 Å². The molecule has 0 unspecified atom stereocenters. The van der Waals surface area contributed by atoms with E-state index >= 15 is 0 Å². The molecule has 0 spiro atoms. The molecule has 1 aliphatic carbocycles. The summed E-state index contributed by atoms with van der Waals surface area (Å²) in [6.07, 6.45) is 4.94. The van der Waals surface area contributed by atoms with Crippen molar-refractivity contribution in [3.8, 4) is 0 Å². The van der Waals surface area contributed by atoms with Gasteiger partial charge in [0.1, 0.15) is 0 Å². The molecule has 1 saturated heterocycles. The van der Waals surface area contributed by atoms with Gasteiger partial charge in [0.05, 0.1) is 5.92 Å². The molecule has 26 heavy (non-hydrogen) atoms. The lowest BCUT2D eigenvalue weighted by Gasteiger charge is -2.38. The first-order valence-electron chi connectivity index (χ1n) is 8.93. The molecule has 134 valence electrons. The monoisotopic (exact) mass is 351 g/mol. The van der Waals surface area contributed by atoms with E-state index in [9.17, 15) is 9.59 Å². The van der Waals surface area contributed by atoms with Crippen LogP contribution in [0.2, 0.25) is 0 Å². The van der Waals surface area contributed by atoms with Crippen molar-refractivity contribution in [3.05, 3.63) is 48.2 Å². The summed E-state index contributed by atoms with van der Waals surface area (Å²) in [7, 11) is 0. The van der Waals surface area contributed by atoms with Gasteiger partial charge in [0.25, 0.3) is 5.91 Å². The third-order valence-corrected chi connectivity index (χ3v) is 4.99. The SMILES string of the molecule is O=C(NC1CCC1)c1ccc(NC(=O)C2CN(c3cccnn3)C2)cc1. The third-order valence-electron chi connectivity index (χ3n) is 4.99. The lowest BCUT2D eigenvalue weighted by atomic mass is 9.93. The van der Waals surface area contributed by atoms with Crippen molar-refractivity contribution in [2.24, 2.45) is 5.92 Å². The van der Waals surface area contributed by atoms with E-state index in [2.05, 4.69) is 20.8 Å². The van der Waals surface area contributed by atoms with Crippen LogP contribution in [-0.2, 0) is 4.79 Å². The number of hydrogen-bond acceptors (Lipinski definition) is 5. The summed E-state index contributed by atoms with van der Waals surface area (Å²) in [6, 6.07) is 11.1. The van der Waals surface area contributed by atoms with Gasteiger partial charge in [-0.2, -0.15) is 5.10 Å². The predicted molar refractivity (Wildman–Crippen MR) is 97.9 cm³/mol. The molecule has 2 N–H and O–H groups in total. The average Bonchev–Trinajstić information content (AvgIpc) is 2.58. The van der Waals surface area contributed by atoms with Gasteiger partial charge in [-0.3, -0.25) is 9.59 Å². The predicted octanol–water partition coefficient (Wildman–Crippen LogP) is 1.83. The summed E-state index contributed by atoms with van der Waals surface area (Å²) in [5.41, 5.74) is 1.32.